The fourth-order valence-corrected chi connectivity index (χ4v) is 3.21. The zero-order valence-corrected chi connectivity index (χ0v) is 12.9. The first-order valence-corrected chi connectivity index (χ1v) is 7.74. The molecule has 0 N–H and O–H groups in total. The van der Waals surface area contributed by atoms with Crippen molar-refractivity contribution in [3.63, 3.8) is 0 Å². The Morgan fingerprint density at radius 2 is 2.10 bits per heavy atom. The van der Waals surface area contributed by atoms with Crippen LogP contribution < -0.4 is 9.64 Å². The lowest BCUT2D eigenvalue weighted by Gasteiger charge is -2.41. The fourth-order valence-electron chi connectivity index (χ4n) is 3.21. The Hall–Kier alpha value is -1.40. The van der Waals surface area contributed by atoms with Gasteiger partial charge in [0, 0.05) is 44.5 Å². The zero-order chi connectivity index (χ0) is 14.7. The number of piperidine rings is 1. The van der Waals surface area contributed by atoms with E-state index in [2.05, 4.69) is 26.7 Å². The van der Waals surface area contributed by atoms with Crippen LogP contribution >= 0.6 is 0 Å². The molecule has 1 aromatic heterocycles. The lowest BCUT2D eigenvalue weighted by Crippen LogP contribution is -2.51. The number of hydrogen-bond donors (Lipinski definition) is 0. The highest BCUT2D eigenvalue weighted by atomic mass is 16.5. The van der Waals surface area contributed by atoms with Crippen LogP contribution in [0.15, 0.2) is 12.3 Å². The maximum Gasteiger partial charge on any atom is 0.228 e. The average molecular weight is 292 g/mol. The van der Waals surface area contributed by atoms with Gasteiger partial charge >= 0.3 is 0 Å². The van der Waals surface area contributed by atoms with Gasteiger partial charge in [0.1, 0.15) is 0 Å². The monoisotopic (exact) mass is 292 g/mol. The van der Waals surface area contributed by atoms with Crippen molar-refractivity contribution in [2.45, 2.75) is 31.9 Å². The molecule has 2 fully saturated rings. The van der Waals surface area contributed by atoms with Crippen LogP contribution in [0.4, 0.5) is 5.95 Å². The summed E-state index contributed by atoms with van der Waals surface area (Å²) in [5.41, 5.74) is 0. The van der Waals surface area contributed by atoms with Crippen molar-refractivity contribution in [1.82, 2.24) is 14.9 Å². The summed E-state index contributed by atoms with van der Waals surface area (Å²) in [7, 11) is 1.64. The number of ether oxygens (including phenoxy) is 2. The van der Waals surface area contributed by atoms with E-state index in [1.807, 2.05) is 0 Å². The van der Waals surface area contributed by atoms with E-state index in [4.69, 9.17) is 9.47 Å². The summed E-state index contributed by atoms with van der Waals surface area (Å²) in [6.45, 7) is 7.14. The van der Waals surface area contributed by atoms with Crippen molar-refractivity contribution in [3.05, 3.63) is 12.3 Å². The number of methoxy groups -OCH3 is 1. The molecule has 0 amide bonds. The Morgan fingerprint density at radius 3 is 2.81 bits per heavy atom. The quantitative estimate of drug-likeness (QED) is 0.834. The molecule has 0 radical (unpaired) electrons. The summed E-state index contributed by atoms with van der Waals surface area (Å²) in [5, 5.41) is 0. The van der Waals surface area contributed by atoms with E-state index in [1.165, 1.54) is 0 Å². The van der Waals surface area contributed by atoms with Crippen LogP contribution in [0.3, 0.4) is 0 Å². The molecule has 6 heteroatoms. The second kappa shape index (κ2) is 6.58. The highest BCUT2D eigenvalue weighted by Gasteiger charge is 2.28. The number of hydrogen-bond acceptors (Lipinski definition) is 6. The van der Waals surface area contributed by atoms with E-state index in [0.717, 1.165) is 51.6 Å². The van der Waals surface area contributed by atoms with Crippen LogP contribution in [-0.2, 0) is 4.74 Å². The SMILES string of the molecule is COc1ccnc(N2CCC(N3CCOC(C)C3)CC2)n1. The number of aromatic nitrogens is 2. The third-order valence-corrected chi connectivity index (χ3v) is 4.36. The van der Waals surface area contributed by atoms with Gasteiger partial charge in [-0.15, -0.1) is 0 Å². The third kappa shape index (κ3) is 3.44. The van der Waals surface area contributed by atoms with Gasteiger partial charge in [0.25, 0.3) is 0 Å². The minimum Gasteiger partial charge on any atom is -0.481 e. The normalized spacial score (nSPS) is 25.0. The van der Waals surface area contributed by atoms with Gasteiger partial charge in [-0.1, -0.05) is 0 Å². The molecule has 3 rings (SSSR count). The Labute approximate surface area is 126 Å². The van der Waals surface area contributed by atoms with Crippen molar-refractivity contribution >= 4 is 5.95 Å². The largest absolute Gasteiger partial charge is 0.481 e. The smallest absolute Gasteiger partial charge is 0.228 e. The van der Waals surface area contributed by atoms with Crippen molar-refractivity contribution < 1.29 is 9.47 Å². The molecule has 1 unspecified atom stereocenters. The van der Waals surface area contributed by atoms with Gasteiger partial charge in [0.2, 0.25) is 11.8 Å². The van der Waals surface area contributed by atoms with Gasteiger partial charge in [-0.3, -0.25) is 4.90 Å². The number of morpholine rings is 1. The first kappa shape index (κ1) is 14.5. The molecule has 0 spiro atoms. The van der Waals surface area contributed by atoms with E-state index in [9.17, 15) is 0 Å². The Kier molecular flexibility index (Phi) is 4.55. The second-order valence-electron chi connectivity index (χ2n) is 5.79. The summed E-state index contributed by atoms with van der Waals surface area (Å²) >= 11 is 0. The van der Waals surface area contributed by atoms with Crippen molar-refractivity contribution in [2.24, 2.45) is 0 Å². The van der Waals surface area contributed by atoms with E-state index in [0.29, 0.717) is 18.0 Å². The van der Waals surface area contributed by atoms with Crippen molar-refractivity contribution in [1.29, 1.82) is 0 Å². The standard InChI is InChI=1S/C15H24N4O2/c1-12-11-19(9-10-21-12)13-4-7-18(8-5-13)15-16-6-3-14(17-15)20-2/h3,6,12-13H,4-5,7-11H2,1-2H3. The molecule has 0 saturated carbocycles. The first-order chi connectivity index (χ1) is 10.3. The molecule has 2 saturated heterocycles. The predicted octanol–water partition coefficient (Wildman–Crippen LogP) is 1.17. The zero-order valence-electron chi connectivity index (χ0n) is 12.9. The van der Waals surface area contributed by atoms with Crippen LogP contribution in [0.25, 0.3) is 0 Å². The molecule has 0 aliphatic carbocycles. The Morgan fingerprint density at radius 1 is 1.29 bits per heavy atom. The summed E-state index contributed by atoms with van der Waals surface area (Å²) in [6.07, 6.45) is 4.44. The van der Waals surface area contributed by atoms with Crippen LogP contribution in [0.1, 0.15) is 19.8 Å². The summed E-state index contributed by atoms with van der Waals surface area (Å²) in [6, 6.07) is 2.45. The van der Waals surface area contributed by atoms with E-state index < -0.39 is 0 Å². The molecule has 2 aliphatic rings. The highest BCUT2D eigenvalue weighted by Crippen LogP contribution is 2.22. The maximum atomic E-state index is 5.63. The van der Waals surface area contributed by atoms with E-state index in [-0.39, 0.29) is 0 Å². The third-order valence-electron chi connectivity index (χ3n) is 4.36. The van der Waals surface area contributed by atoms with Crippen molar-refractivity contribution in [3.8, 4) is 5.88 Å². The van der Waals surface area contributed by atoms with Crippen molar-refractivity contribution in [2.75, 3.05) is 44.8 Å². The summed E-state index contributed by atoms with van der Waals surface area (Å²) < 4.78 is 10.8. The lowest BCUT2D eigenvalue weighted by atomic mass is 10.0. The topological polar surface area (TPSA) is 50.7 Å². The molecule has 116 valence electrons. The van der Waals surface area contributed by atoms with Gasteiger partial charge in [-0.2, -0.15) is 4.98 Å². The lowest BCUT2D eigenvalue weighted by molar-refractivity contribution is -0.0374. The van der Waals surface area contributed by atoms with Gasteiger partial charge in [0.05, 0.1) is 19.8 Å². The van der Waals surface area contributed by atoms with Gasteiger partial charge in [-0.25, -0.2) is 4.98 Å². The molecule has 2 aliphatic heterocycles. The Balaban J connectivity index is 1.57. The second-order valence-corrected chi connectivity index (χ2v) is 5.79. The van der Waals surface area contributed by atoms with Crippen LogP contribution in [0, 0.1) is 0 Å². The van der Waals surface area contributed by atoms with E-state index in [1.54, 1.807) is 19.4 Å². The van der Waals surface area contributed by atoms with Crippen LogP contribution in [0.5, 0.6) is 5.88 Å². The van der Waals surface area contributed by atoms with Gasteiger partial charge in [-0.05, 0) is 19.8 Å². The molecular formula is C15H24N4O2. The molecule has 21 heavy (non-hydrogen) atoms. The maximum absolute atomic E-state index is 5.63. The van der Waals surface area contributed by atoms with E-state index >= 15 is 0 Å². The van der Waals surface area contributed by atoms with Gasteiger partial charge in [0.15, 0.2) is 0 Å². The van der Waals surface area contributed by atoms with Crippen LogP contribution in [0.2, 0.25) is 0 Å². The summed E-state index contributed by atoms with van der Waals surface area (Å²) in [4.78, 5) is 13.6. The van der Waals surface area contributed by atoms with Gasteiger partial charge < -0.3 is 14.4 Å². The molecular weight excluding hydrogens is 268 g/mol. The predicted molar refractivity (Wildman–Crippen MR) is 80.8 cm³/mol. The average Bonchev–Trinajstić information content (AvgIpc) is 2.55. The minimum absolute atomic E-state index is 0.360. The number of anilines is 1. The molecule has 1 atom stereocenters. The summed E-state index contributed by atoms with van der Waals surface area (Å²) in [5.74, 6) is 1.41. The number of rotatable bonds is 3. The minimum atomic E-state index is 0.360. The fraction of sp³-hybridized carbons (Fsp3) is 0.733. The number of nitrogens with zero attached hydrogens (tertiary/aromatic N) is 4. The molecule has 1 aromatic rings. The molecule has 0 aromatic carbocycles. The Bertz CT molecular complexity index is 463. The molecule has 3 heterocycles. The van der Waals surface area contributed by atoms with Crippen LogP contribution in [-0.4, -0.2) is 66.9 Å². The first-order valence-electron chi connectivity index (χ1n) is 7.74. The molecule has 6 nitrogen and oxygen atoms in total. The molecule has 0 bridgehead atoms. The highest BCUT2D eigenvalue weighted by molar-refractivity contribution is 5.32.